The van der Waals surface area contributed by atoms with E-state index in [9.17, 15) is 20.4 Å². The van der Waals surface area contributed by atoms with Crippen LogP contribution in [0.4, 0.5) is 0 Å². The van der Waals surface area contributed by atoms with Crippen LogP contribution in [0.5, 0.6) is 34.5 Å². The van der Waals surface area contributed by atoms with Crippen molar-refractivity contribution in [3.8, 4) is 34.5 Å². The molecule has 0 bridgehead atoms. The lowest BCUT2D eigenvalue weighted by Crippen LogP contribution is -2.49. The lowest BCUT2D eigenvalue weighted by Gasteiger charge is -2.46. The first-order chi connectivity index (χ1) is 38.7. The maximum absolute atomic E-state index is 16.7. The van der Waals surface area contributed by atoms with Crippen molar-refractivity contribution in [3.63, 3.8) is 0 Å². The topological polar surface area (TPSA) is 152 Å². The van der Waals surface area contributed by atoms with Gasteiger partial charge in [-0.05, 0) is 189 Å². The Morgan fingerprint density at radius 3 is 0.882 bits per heavy atom. The zero-order valence-corrected chi connectivity index (χ0v) is 57.6. The molecule has 6 rings (SSSR count). The second-order valence-electron chi connectivity index (χ2n) is 30.4. The van der Waals surface area contributed by atoms with Crippen LogP contribution in [0.15, 0.2) is 97.1 Å². The molecular formula is C73H102O10P2. The van der Waals surface area contributed by atoms with Crippen LogP contribution in [-0.4, -0.2) is 32.6 Å². The first-order valence-corrected chi connectivity index (χ1v) is 33.6. The summed E-state index contributed by atoms with van der Waals surface area (Å²) in [6, 6.07) is 29.6. The van der Waals surface area contributed by atoms with E-state index >= 15 is 9.13 Å². The van der Waals surface area contributed by atoms with Crippen LogP contribution in [0.3, 0.4) is 0 Å². The molecule has 0 aliphatic carbocycles. The van der Waals surface area contributed by atoms with Crippen LogP contribution in [0.25, 0.3) is 0 Å². The maximum atomic E-state index is 16.7. The fourth-order valence-electron chi connectivity index (χ4n) is 11.8. The highest BCUT2D eigenvalue weighted by Gasteiger charge is 2.51. The summed E-state index contributed by atoms with van der Waals surface area (Å²) in [5, 5.41) is 48.6. The Kier molecular flexibility index (Phi) is 19.8. The normalized spacial score (nSPS) is 15.2. The SMILES string of the molecule is Cc1cc(C(C)(C)C)c(O)c(C)c1CC(Cc1c(C)cc(C(C)(C)C)c(O)c1C)(C(C)OP(=O)(Cc1cc(C(C)(C)C)c(O)c(C(C)(C)C)c1)Oc1ccccc1)C(C)OP(=O)(Cc1cc(C(C)(C)C)c(O)c(C(C)(C)C)c1)Oc1ccccc1. The van der Waals surface area contributed by atoms with E-state index in [0.29, 0.717) is 56.0 Å². The molecular weight excluding hydrogens is 1100 g/mol. The molecule has 0 fully saturated rings. The fourth-order valence-corrected chi connectivity index (χ4v) is 15.7. The van der Waals surface area contributed by atoms with Crippen molar-refractivity contribution in [1.82, 2.24) is 0 Å². The van der Waals surface area contributed by atoms with Gasteiger partial charge in [0.25, 0.3) is 0 Å². The van der Waals surface area contributed by atoms with Crippen molar-refractivity contribution >= 4 is 15.2 Å². The van der Waals surface area contributed by atoms with Crippen molar-refractivity contribution < 1.29 is 47.7 Å². The molecule has 4 unspecified atom stereocenters. The molecule has 12 heteroatoms. The molecule has 0 saturated carbocycles. The zero-order chi connectivity index (χ0) is 64.2. The van der Waals surface area contributed by atoms with Crippen molar-refractivity contribution in [1.29, 1.82) is 0 Å². The number of phenols is 4. The van der Waals surface area contributed by atoms with Gasteiger partial charge >= 0.3 is 15.2 Å². The van der Waals surface area contributed by atoms with Crippen LogP contribution < -0.4 is 9.05 Å². The molecule has 4 N–H and O–H groups in total. The summed E-state index contributed by atoms with van der Waals surface area (Å²) in [6.07, 6.45) is -2.39. The Hall–Kier alpha value is -5.50. The Labute approximate surface area is 511 Å². The van der Waals surface area contributed by atoms with E-state index in [1.54, 1.807) is 24.3 Å². The molecule has 10 nitrogen and oxygen atoms in total. The summed E-state index contributed by atoms with van der Waals surface area (Å²) in [5.74, 6) is 1.29. The summed E-state index contributed by atoms with van der Waals surface area (Å²) in [7, 11) is -8.84. The van der Waals surface area contributed by atoms with Gasteiger partial charge in [-0.25, -0.2) is 9.13 Å². The lowest BCUT2D eigenvalue weighted by molar-refractivity contribution is -0.0366. The summed E-state index contributed by atoms with van der Waals surface area (Å²) >= 11 is 0. The lowest BCUT2D eigenvalue weighted by atomic mass is 9.66. The highest BCUT2D eigenvalue weighted by molar-refractivity contribution is 7.53. The molecule has 85 heavy (non-hydrogen) atoms. The Balaban J connectivity index is 1.74. The molecule has 0 amide bonds. The number of aromatic hydroxyl groups is 4. The predicted octanol–water partition coefficient (Wildman–Crippen LogP) is 20.1. The number of hydrogen-bond donors (Lipinski definition) is 4. The van der Waals surface area contributed by atoms with E-state index in [0.717, 1.165) is 33.4 Å². The molecule has 464 valence electrons. The highest BCUT2D eigenvalue weighted by atomic mass is 31.2. The van der Waals surface area contributed by atoms with Crippen molar-refractivity contribution in [3.05, 3.63) is 175 Å². The van der Waals surface area contributed by atoms with Crippen molar-refractivity contribution in [2.24, 2.45) is 5.41 Å². The van der Waals surface area contributed by atoms with Crippen LogP contribution in [0.2, 0.25) is 0 Å². The van der Waals surface area contributed by atoms with Gasteiger partial charge in [0.05, 0.1) is 24.5 Å². The first kappa shape index (κ1) is 68.6. The summed E-state index contributed by atoms with van der Waals surface area (Å²) < 4.78 is 61.8. The van der Waals surface area contributed by atoms with Gasteiger partial charge in [0.1, 0.15) is 34.5 Å². The van der Waals surface area contributed by atoms with E-state index in [1.165, 1.54) is 0 Å². The van der Waals surface area contributed by atoms with E-state index < -0.39 is 65.3 Å². The number of hydrogen-bond acceptors (Lipinski definition) is 10. The van der Waals surface area contributed by atoms with Gasteiger partial charge in [0.15, 0.2) is 0 Å². The molecule has 0 saturated heterocycles. The minimum atomic E-state index is -4.42. The fraction of sp³-hybridized carbons (Fsp3) is 0.507. The van der Waals surface area contributed by atoms with Gasteiger partial charge in [-0.1, -0.05) is 197 Å². The summed E-state index contributed by atoms with van der Waals surface area (Å²) in [5.41, 5.74) is 5.91. The summed E-state index contributed by atoms with van der Waals surface area (Å²) in [6.45, 7) is 48.4. The van der Waals surface area contributed by atoms with Crippen LogP contribution in [0.1, 0.15) is 216 Å². The molecule has 4 atom stereocenters. The van der Waals surface area contributed by atoms with E-state index in [2.05, 4.69) is 41.5 Å². The van der Waals surface area contributed by atoms with Gasteiger partial charge in [0.2, 0.25) is 0 Å². The van der Waals surface area contributed by atoms with Crippen LogP contribution in [0, 0.1) is 33.1 Å². The van der Waals surface area contributed by atoms with Crippen molar-refractivity contribution in [2.75, 3.05) is 0 Å². The van der Waals surface area contributed by atoms with Crippen molar-refractivity contribution in [2.45, 2.75) is 236 Å². The van der Waals surface area contributed by atoms with Gasteiger partial charge in [-0.2, -0.15) is 0 Å². The number of phenolic OH excluding ortho intramolecular Hbond substituents is 4. The average molecular weight is 1200 g/mol. The second kappa shape index (κ2) is 24.6. The monoisotopic (exact) mass is 1200 g/mol. The second-order valence-corrected chi connectivity index (χ2v) is 34.3. The van der Waals surface area contributed by atoms with Gasteiger partial charge in [0, 0.05) is 5.41 Å². The molecule has 0 radical (unpaired) electrons. The molecule has 0 aromatic heterocycles. The zero-order valence-electron chi connectivity index (χ0n) is 55.9. The van der Waals surface area contributed by atoms with Gasteiger partial charge < -0.3 is 29.5 Å². The minimum Gasteiger partial charge on any atom is -0.507 e. The number of rotatable bonds is 18. The molecule has 6 aromatic rings. The molecule has 0 spiro atoms. The molecule has 6 aromatic carbocycles. The third-order valence-electron chi connectivity index (χ3n) is 17.0. The standard InChI is InChI=1S/C73H102O10P2/c1-45-35-57(67(7,8)9)63(74)47(3)55(45)41-73(42-56-46(2)36-58(68(10,11)12)64(75)48(56)4,49(5)80-84(78,82-53-31-27-25-28-32-53)43-51-37-59(69(13,14)15)65(76)60(38-51)70(16,17)18)50(6)81-85(79,83-54-33-29-26-30-34-54)44-52-39-61(71(19,20)21)66(77)62(40-52)72(22,23)24/h25-40,49-50,74-77H,41-44H2,1-24H3. The Bertz CT molecular complexity index is 3160. The Morgan fingerprint density at radius 2 is 0.635 bits per heavy atom. The molecule has 0 aliphatic heterocycles. The number of aryl methyl sites for hydroxylation is 2. The third-order valence-corrected chi connectivity index (χ3v) is 20.7. The van der Waals surface area contributed by atoms with E-state index in [-0.39, 0.29) is 48.2 Å². The van der Waals surface area contributed by atoms with Gasteiger partial charge in [-0.15, -0.1) is 0 Å². The van der Waals surface area contributed by atoms with Gasteiger partial charge in [-0.3, -0.25) is 9.05 Å². The molecule has 0 heterocycles. The Morgan fingerprint density at radius 1 is 0.388 bits per heavy atom. The molecule has 0 aliphatic rings. The summed E-state index contributed by atoms with van der Waals surface area (Å²) in [4.78, 5) is 0. The predicted molar refractivity (Wildman–Crippen MR) is 351 cm³/mol. The van der Waals surface area contributed by atoms with E-state index in [4.69, 9.17) is 18.1 Å². The quantitative estimate of drug-likeness (QED) is 0.0612. The highest BCUT2D eigenvalue weighted by Crippen LogP contribution is 2.61. The number of para-hydroxylation sites is 2. The minimum absolute atomic E-state index is 0.116. The third kappa shape index (κ3) is 15.8. The van der Waals surface area contributed by atoms with Crippen LogP contribution in [-0.2, 0) is 75.8 Å². The largest absolute Gasteiger partial charge is 0.507 e. The maximum Gasteiger partial charge on any atom is 0.383 e. The first-order valence-electron chi connectivity index (χ1n) is 30.1. The smallest absolute Gasteiger partial charge is 0.383 e. The van der Waals surface area contributed by atoms with E-state index in [1.807, 2.05) is 197 Å². The van der Waals surface area contributed by atoms with Crippen LogP contribution >= 0.6 is 15.2 Å². The average Bonchev–Trinajstić information content (AvgIpc) is 1.25. The number of benzene rings is 6.